The fourth-order valence-corrected chi connectivity index (χ4v) is 2.62. The molecule has 0 radical (unpaired) electrons. The number of nitrogens with zero attached hydrogens (tertiary/aromatic N) is 2. The molecule has 1 fully saturated rings. The van der Waals surface area contributed by atoms with Crippen molar-refractivity contribution in [3.05, 3.63) is 42.1 Å². The van der Waals surface area contributed by atoms with Crippen molar-refractivity contribution in [2.45, 2.75) is 19.0 Å². The third-order valence-corrected chi connectivity index (χ3v) is 3.30. The zero-order valence-electron chi connectivity index (χ0n) is 10.1. The summed E-state index contributed by atoms with van der Waals surface area (Å²) >= 11 is 0. The van der Waals surface area contributed by atoms with E-state index in [9.17, 15) is 0 Å². The van der Waals surface area contributed by atoms with Crippen molar-refractivity contribution in [3.63, 3.8) is 0 Å². The van der Waals surface area contributed by atoms with Crippen LogP contribution >= 0.6 is 0 Å². The molecule has 0 atom stereocenters. The predicted octanol–water partition coefficient (Wildman–Crippen LogP) is 1.77. The van der Waals surface area contributed by atoms with Crippen molar-refractivity contribution in [2.75, 3.05) is 13.1 Å². The first kappa shape index (κ1) is 10.7. The molecule has 3 nitrogen and oxygen atoms in total. The molecule has 2 N–H and O–H groups in total. The fourth-order valence-electron chi connectivity index (χ4n) is 2.62. The summed E-state index contributed by atoms with van der Waals surface area (Å²) < 4.78 is 0. The van der Waals surface area contributed by atoms with Gasteiger partial charge in [0.15, 0.2) is 0 Å². The van der Waals surface area contributed by atoms with Crippen molar-refractivity contribution < 1.29 is 0 Å². The van der Waals surface area contributed by atoms with E-state index in [0.717, 1.165) is 25.2 Å². The van der Waals surface area contributed by atoms with Gasteiger partial charge >= 0.3 is 0 Å². The number of aromatic nitrogens is 1. The summed E-state index contributed by atoms with van der Waals surface area (Å²) in [5, 5.41) is 1.25. The quantitative estimate of drug-likeness (QED) is 0.850. The summed E-state index contributed by atoms with van der Waals surface area (Å²) in [5.41, 5.74) is 8.44. The van der Waals surface area contributed by atoms with E-state index in [1.807, 2.05) is 12.3 Å². The Morgan fingerprint density at radius 3 is 2.82 bits per heavy atom. The van der Waals surface area contributed by atoms with Crippen LogP contribution in [0.2, 0.25) is 0 Å². The molecule has 2 heterocycles. The highest BCUT2D eigenvalue weighted by Gasteiger charge is 2.34. The Morgan fingerprint density at radius 1 is 1.29 bits per heavy atom. The van der Waals surface area contributed by atoms with Gasteiger partial charge in [0.05, 0.1) is 5.52 Å². The number of likely N-dealkylation sites (tertiary alicyclic amines) is 1. The molecule has 0 saturated carbocycles. The van der Waals surface area contributed by atoms with Crippen LogP contribution in [-0.2, 0) is 6.54 Å². The van der Waals surface area contributed by atoms with Crippen molar-refractivity contribution in [1.29, 1.82) is 0 Å². The first-order valence-corrected chi connectivity index (χ1v) is 5.98. The van der Waals surface area contributed by atoms with E-state index in [1.54, 1.807) is 0 Å². The average molecular weight is 227 g/mol. The maximum Gasteiger partial charge on any atom is 0.0705 e. The lowest BCUT2D eigenvalue weighted by Gasteiger charge is -2.45. The maximum atomic E-state index is 6.02. The van der Waals surface area contributed by atoms with E-state index in [0.29, 0.717) is 0 Å². The minimum Gasteiger partial charge on any atom is -0.323 e. The third kappa shape index (κ3) is 2.04. The van der Waals surface area contributed by atoms with Crippen LogP contribution in [0.1, 0.15) is 12.5 Å². The van der Waals surface area contributed by atoms with Crippen LogP contribution < -0.4 is 5.73 Å². The Bertz CT molecular complexity index is 535. The molecule has 1 aromatic carbocycles. The van der Waals surface area contributed by atoms with Gasteiger partial charge in [0, 0.05) is 36.8 Å². The van der Waals surface area contributed by atoms with Gasteiger partial charge in [-0.25, -0.2) is 0 Å². The Kier molecular flexibility index (Phi) is 2.38. The van der Waals surface area contributed by atoms with Gasteiger partial charge in [-0.1, -0.05) is 18.2 Å². The smallest absolute Gasteiger partial charge is 0.0705 e. The molecule has 3 heteroatoms. The molecule has 0 unspecified atom stereocenters. The van der Waals surface area contributed by atoms with Crippen LogP contribution in [-0.4, -0.2) is 28.5 Å². The first-order valence-electron chi connectivity index (χ1n) is 5.98. The first-order chi connectivity index (χ1) is 8.14. The normalized spacial score (nSPS) is 19.2. The van der Waals surface area contributed by atoms with Crippen LogP contribution in [0.15, 0.2) is 36.5 Å². The number of hydrogen-bond acceptors (Lipinski definition) is 3. The van der Waals surface area contributed by atoms with Gasteiger partial charge < -0.3 is 5.73 Å². The van der Waals surface area contributed by atoms with Crippen LogP contribution in [0.3, 0.4) is 0 Å². The van der Waals surface area contributed by atoms with E-state index in [-0.39, 0.29) is 5.54 Å². The molecule has 88 valence electrons. The molecule has 1 saturated heterocycles. The van der Waals surface area contributed by atoms with Gasteiger partial charge in [-0.3, -0.25) is 9.88 Å². The highest BCUT2D eigenvalue weighted by atomic mass is 15.2. The Hall–Kier alpha value is -1.45. The second kappa shape index (κ2) is 3.79. The zero-order valence-corrected chi connectivity index (χ0v) is 10.1. The molecule has 0 aliphatic carbocycles. The van der Waals surface area contributed by atoms with Gasteiger partial charge in [0.1, 0.15) is 0 Å². The van der Waals surface area contributed by atoms with Gasteiger partial charge in [0.2, 0.25) is 0 Å². The SMILES string of the molecule is CC1(N)CN(Cc2ccnc3ccccc23)C1. The number of para-hydroxylation sites is 1. The molecule has 0 spiro atoms. The second-order valence-electron chi connectivity index (χ2n) is 5.29. The summed E-state index contributed by atoms with van der Waals surface area (Å²) in [6, 6.07) is 10.4. The topological polar surface area (TPSA) is 42.1 Å². The van der Waals surface area contributed by atoms with Crippen LogP contribution in [0.25, 0.3) is 10.9 Å². The van der Waals surface area contributed by atoms with Gasteiger partial charge in [-0.05, 0) is 24.6 Å². The second-order valence-corrected chi connectivity index (χ2v) is 5.29. The lowest BCUT2D eigenvalue weighted by atomic mass is 9.93. The van der Waals surface area contributed by atoms with Gasteiger partial charge in [-0.15, -0.1) is 0 Å². The standard InChI is InChI=1S/C14H17N3/c1-14(15)9-17(10-14)8-11-6-7-16-13-5-3-2-4-12(11)13/h2-7H,8-10,15H2,1H3. The molecule has 1 aliphatic rings. The summed E-state index contributed by atoms with van der Waals surface area (Å²) in [5.74, 6) is 0. The summed E-state index contributed by atoms with van der Waals surface area (Å²) in [6.07, 6.45) is 1.89. The maximum absolute atomic E-state index is 6.02. The Balaban J connectivity index is 1.86. The Labute approximate surface area is 101 Å². The number of rotatable bonds is 2. The molecular formula is C14H17N3. The molecule has 0 amide bonds. The molecule has 3 rings (SSSR count). The van der Waals surface area contributed by atoms with E-state index in [1.165, 1.54) is 10.9 Å². The molecule has 0 bridgehead atoms. The summed E-state index contributed by atoms with van der Waals surface area (Å²) in [4.78, 5) is 6.76. The lowest BCUT2D eigenvalue weighted by Crippen LogP contribution is -2.64. The third-order valence-electron chi connectivity index (χ3n) is 3.30. The van der Waals surface area contributed by atoms with E-state index >= 15 is 0 Å². The molecule has 1 aromatic heterocycles. The highest BCUT2D eigenvalue weighted by molar-refractivity contribution is 5.81. The van der Waals surface area contributed by atoms with E-state index in [2.05, 4.69) is 41.1 Å². The Morgan fingerprint density at radius 2 is 2.06 bits per heavy atom. The van der Waals surface area contributed by atoms with Crippen LogP contribution in [0.5, 0.6) is 0 Å². The van der Waals surface area contributed by atoms with E-state index < -0.39 is 0 Å². The monoisotopic (exact) mass is 227 g/mol. The van der Waals surface area contributed by atoms with Crippen LogP contribution in [0, 0.1) is 0 Å². The van der Waals surface area contributed by atoms with Crippen LogP contribution in [0.4, 0.5) is 0 Å². The number of pyridine rings is 1. The molecule has 1 aliphatic heterocycles. The average Bonchev–Trinajstić information content (AvgIpc) is 2.27. The fraction of sp³-hybridized carbons (Fsp3) is 0.357. The molecule has 17 heavy (non-hydrogen) atoms. The summed E-state index contributed by atoms with van der Waals surface area (Å²) in [7, 11) is 0. The summed E-state index contributed by atoms with van der Waals surface area (Å²) in [6.45, 7) is 5.03. The largest absolute Gasteiger partial charge is 0.323 e. The molecule has 2 aromatic rings. The van der Waals surface area contributed by atoms with Crippen molar-refractivity contribution >= 4 is 10.9 Å². The number of fused-ring (bicyclic) bond motifs is 1. The molecular weight excluding hydrogens is 210 g/mol. The highest BCUT2D eigenvalue weighted by Crippen LogP contribution is 2.23. The minimum atomic E-state index is 0.00281. The zero-order chi connectivity index (χ0) is 11.9. The lowest BCUT2D eigenvalue weighted by molar-refractivity contribution is 0.0768. The van der Waals surface area contributed by atoms with Gasteiger partial charge in [0.25, 0.3) is 0 Å². The minimum absolute atomic E-state index is 0.00281. The van der Waals surface area contributed by atoms with Gasteiger partial charge in [-0.2, -0.15) is 0 Å². The number of hydrogen-bond donors (Lipinski definition) is 1. The van der Waals surface area contributed by atoms with Crippen molar-refractivity contribution in [1.82, 2.24) is 9.88 Å². The van der Waals surface area contributed by atoms with E-state index in [4.69, 9.17) is 5.73 Å². The van der Waals surface area contributed by atoms with Crippen molar-refractivity contribution in [3.8, 4) is 0 Å². The number of nitrogens with two attached hydrogens (primary N) is 1. The number of benzene rings is 1. The predicted molar refractivity (Wildman–Crippen MR) is 69.6 cm³/mol. The van der Waals surface area contributed by atoms with Crippen molar-refractivity contribution in [2.24, 2.45) is 5.73 Å².